The van der Waals surface area contributed by atoms with Crippen LogP contribution in [0.1, 0.15) is 32.6 Å². The molecule has 1 aliphatic carbocycles. The minimum absolute atomic E-state index is 0.0581. The van der Waals surface area contributed by atoms with Crippen molar-refractivity contribution in [2.24, 2.45) is 5.41 Å². The molecule has 0 aliphatic heterocycles. The average Bonchev–Trinajstić information content (AvgIpc) is 2.87. The number of nitrogens with one attached hydrogen (secondary N) is 1. The Morgan fingerprint density at radius 1 is 1.29 bits per heavy atom. The summed E-state index contributed by atoms with van der Waals surface area (Å²) in [4.78, 5) is 0. The van der Waals surface area contributed by atoms with Crippen LogP contribution in [0.4, 0.5) is 5.69 Å². The average molecular weight is 312 g/mol. The van der Waals surface area contributed by atoms with Gasteiger partial charge in [0.1, 0.15) is 12.4 Å². The van der Waals surface area contributed by atoms with E-state index >= 15 is 0 Å². The summed E-state index contributed by atoms with van der Waals surface area (Å²) >= 11 is 0. The summed E-state index contributed by atoms with van der Waals surface area (Å²) in [6.45, 7) is 2.76. The molecule has 0 atom stereocenters. The van der Waals surface area contributed by atoms with E-state index in [-0.39, 0.29) is 17.8 Å². The van der Waals surface area contributed by atoms with Crippen LogP contribution < -0.4 is 15.2 Å². The van der Waals surface area contributed by atoms with Crippen molar-refractivity contribution in [2.45, 2.75) is 32.6 Å². The van der Waals surface area contributed by atoms with Crippen LogP contribution >= 0.6 is 0 Å². The van der Waals surface area contributed by atoms with Gasteiger partial charge in [0.05, 0.1) is 11.4 Å². The number of anilines is 1. The summed E-state index contributed by atoms with van der Waals surface area (Å²) in [6.07, 6.45) is 4.56. The van der Waals surface area contributed by atoms with E-state index in [2.05, 4.69) is 11.6 Å². The second-order valence-corrected chi connectivity index (χ2v) is 7.97. The topological polar surface area (TPSA) is 81.4 Å². The predicted octanol–water partition coefficient (Wildman–Crippen LogP) is 2.15. The summed E-state index contributed by atoms with van der Waals surface area (Å²) in [5, 5.41) is 0. The number of sulfonamides is 1. The Labute approximate surface area is 126 Å². The Morgan fingerprint density at radius 3 is 2.62 bits per heavy atom. The van der Waals surface area contributed by atoms with Gasteiger partial charge in [-0.1, -0.05) is 31.9 Å². The third kappa shape index (κ3) is 4.89. The second-order valence-electron chi connectivity index (χ2n) is 6.04. The molecule has 2 rings (SSSR count). The van der Waals surface area contributed by atoms with Crippen LogP contribution in [0, 0.1) is 5.41 Å². The Balaban J connectivity index is 1.77. The number of benzene rings is 1. The molecular weight excluding hydrogens is 288 g/mol. The SMILES string of the molecule is CC1(CNS(=O)(=O)CCOc2ccccc2N)CCCC1. The van der Waals surface area contributed by atoms with Crippen LogP contribution in [0.25, 0.3) is 0 Å². The fourth-order valence-electron chi connectivity index (χ4n) is 2.63. The molecule has 0 amide bonds. The lowest BCUT2D eigenvalue weighted by molar-refractivity contribution is 0.330. The van der Waals surface area contributed by atoms with Gasteiger partial charge in [0.25, 0.3) is 0 Å². The summed E-state index contributed by atoms with van der Waals surface area (Å²) in [6, 6.07) is 7.07. The molecule has 1 aromatic rings. The molecule has 118 valence electrons. The number of rotatable bonds is 7. The van der Waals surface area contributed by atoms with Crippen LogP contribution in [0.2, 0.25) is 0 Å². The molecule has 0 spiro atoms. The molecule has 1 fully saturated rings. The van der Waals surface area contributed by atoms with Gasteiger partial charge < -0.3 is 10.5 Å². The van der Waals surface area contributed by atoms with E-state index in [1.165, 1.54) is 12.8 Å². The molecule has 0 unspecified atom stereocenters. The quantitative estimate of drug-likeness (QED) is 0.756. The van der Waals surface area contributed by atoms with Crippen molar-refractivity contribution < 1.29 is 13.2 Å². The van der Waals surface area contributed by atoms with Gasteiger partial charge in [-0.15, -0.1) is 0 Å². The van der Waals surface area contributed by atoms with Crippen molar-refractivity contribution >= 4 is 15.7 Å². The van der Waals surface area contributed by atoms with Gasteiger partial charge in [0.2, 0.25) is 10.0 Å². The third-order valence-corrected chi connectivity index (χ3v) is 5.35. The number of hydrogen-bond donors (Lipinski definition) is 2. The Morgan fingerprint density at radius 2 is 1.95 bits per heavy atom. The molecule has 0 radical (unpaired) electrons. The Hall–Kier alpha value is -1.27. The largest absolute Gasteiger partial charge is 0.490 e. The number of nitrogen functional groups attached to an aromatic ring is 1. The molecule has 1 saturated carbocycles. The van der Waals surface area contributed by atoms with Gasteiger partial charge >= 0.3 is 0 Å². The molecule has 21 heavy (non-hydrogen) atoms. The first-order valence-corrected chi connectivity index (χ1v) is 9.00. The van der Waals surface area contributed by atoms with E-state index < -0.39 is 10.0 Å². The smallest absolute Gasteiger partial charge is 0.214 e. The zero-order valence-corrected chi connectivity index (χ0v) is 13.3. The molecule has 0 aromatic heterocycles. The Bertz CT molecular complexity index is 566. The minimum atomic E-state index is -3.31. The predicted molar refractivity (Wildman–Crippen MR) is 84.7 cm³/mol. The summed E-state index contributed by atoms with van der Waals surface area (Å²) in [5.41, 5.74) is 6.36. The monoisotopic (exact) mass is 312 g/mol. The summed E-state index contributed by atoms with van der Waals surface area (Å²) in [5.74, 6) is 0.465. The lowest BCUT2D eigenvalue weighted by Gasteiger charge is -2.23. The van der Waals surface area contributed by atoms with E-state index in [0.717, 1.165) is 12.8 Å². The van der Waals surface area contributed by atoms with E-state index in [4.69, 9.17) is 10.5 Å². The van der Waals surface area contributed by atoms with Crippen LogP contribution in [-0.2, 0) is 10.0 Å². The number of nitrogens with two attached hydrogens (primary N) is 1. The van der Waals surface area contributed by atoms with Crippen molar-refractivity contribution in [2.75, 3.05) is 24.6 Å². The highest BCUT2D eigenvalue weighted by molar-refractivity contribution is 7.89. The maximum atomic E-state index is 12.0. The summed E-state index contributed by atoms with van der Waals surface area (Å²) in [7, 11) is -3.31. The van der Waals surface area contributed by atoms with Crippen LogP contribution in [0.15, 0.2) is 24.3 Å². The van der Waals surface area contributed by atoms with Crippen molar-refractivity contribution in [1.29, 1.82) is 0 Å². The maximum Gasteiger partial charge on any atom is 0.214 e. The summed E-state index contributed by atoms with van der Waals surface area (Å²) < 4.78 is 32.1. The zero-order valence-electron chi connectivity index (χ0n) is 12.5. The van der Waals surface area contributed by atoms with Crippen LogP contribution in [0.5, 0.6) is 5.75 Å². The molecule has 5 nitrogen and oxygen atoms in total. The van der Waals surface area contributed by atoms with E-state index in [1.54, 1.807) is 18.2 Å². The van der Waals surface area contributed by atoms with Gasteiger partial charge in [-0.3, -0.25) is 0 Å². The van der Waals surface area contributed by atoms with Crippen molar-refractivity contribution in [3.8, 4) is 5.75 Å². The molecule has 1 aliphatic rings. The highest BCUT2D eigenvalue weighted by Crippen LogP contribution is 2.36. The second kappa shape index (κ2) is 6.66. The van der Waals surface area contributed by atoms with Gasteiger partial charge in [-0.25, -0.2) is 13.1 Å². The standard InChI is InChI=1S/C15H24N2O3S/c1-15(8-4-5-9-15)12-17-21(18,19)11-10-20-14-7-3-2-6-13(14)16/h2-3,6-7,17H,4-5,8-12,16H2,1H3. The molecule has 0 heterocycles. The number of hydrogen-bond acceptors (Lipinski definition) is 4. The maximum absolute atomic E-state index is 12.0. The van der Waals surface area contributed by atoms with Crippen molar-refractivity contribution in [1.82, 2.24) is 4.72 Å². The van der Waals surface area contributed by atoms with Crippen molar-refractivity contribution in [3.63, 3.8) is 0 Å². The highest BCUT2D eigenvalue weighted by Gasteiger charge is 2.29. The highest BCUT2D eigenvalue weighted by atomic mass is 32.2. The minimum Gasteiger partial charge on any atom is -0.490 e. The lowest BCUT2D eigenvalue weighted by Crippen LogP contribution is -2.36. The van der Waals surface area contributed by atoms with E-state index in [1.807, 2.05) is 6.07 Å². The zero-order chi connectivity index (χ0) is 15.3. The van der Waals surface area contributed by atoms with Gasteiger partial charge in [-0.2, -0.15) is 0 Å². The van der Waals surface area contributed by atoms with E-state index in [9.17, 15) is 8.42 Å². The molecule has 3 N–H and O–H groups in total. The van der Waals surface area contributed by atoms with Crippen LogP contribution in [-0.4, -0.2) is 27.3 Å². The molecule has 0 bridgehead atoms. The first-order chi connectivity index (χ1) is 9.90. The van der Waals surface area contributed by atoms with E-state index in [0.29, 0.717) is 18.0 Å². The Kier molecular flexibility index (Phi) is 5.11. The fraction of sp³-hybridized carbons (Fsp3) is 0.600. The first-order valence-electron chi connectivity index (χ1n) is 7.35. The number of para-hydroxylation sites is 2. The third-order valence-electron chi connectivity index (χ3n) is 4.06. The van der Waals surface area contributed by atoms with Gasteiger partial charge in [-0.05, 0) is 30.4 Å². The normalized spacial score (nSPS) is 17.8. The molecular formula is C15H24N2O3S. The number of ether oxygens (including phenoxy) is 1. The first kappa shape index (κ1) is 16.1. The van der Waals surface area contributed by atoms with Crippen molar-refractivity contribution in [3.05, 3.63) is 24.3 Å². The molecule has 1 aromatic carbocycles. The van der Waals surface area contributed by atoms with Gasteiger partial charge in [0, 0.05) is 6.54 Å². The van der Waals surface area contributed by atoms with Crippen LogP contribution in [0.3, 0.4) is 0 Å². The molecule has 0 saturated heterocycles. The molecule has 6 heteroatoms. The van der Waals surface area contributed by atoms with Gasteiger partial charge in [0.15, 0.2) is 0 Å². The lowest BCUT2D eigenvalue weighted by atomic mass is 9.89. The fourth-order valence-corrected chi connectivity index (χ4v) is 3.65.